The number of benzene rings is 1. The van der Waals surface area contributed by atoms with Gasteiger partial charge in [-0.3, -0.25) is 9.89 Å². The monoisotopic (exact) mass is 317 g/mol. The highest BCUT2D eigenvalue weighted by Gasteiger charge is 2.28. The number of hydrogen-bond acceptors (Lipinski definition) is 6. The maximum Gasteiger partial charge on any atom is 0.358 e. The zero-order valence-electron chi connectivity index (χ0n) is 12.4. The number of carbonyl (C=O) groups is 2. The molecule has 0 saturated carbocycles. The summed E-state index contributed by atoms with van der Waals surface area (Å²) in [4.78, 5) is 25.7. The normalized spacial score (nSPS) is 13.5. The quantitative estimate of drug-likeness (QED) is 0.706. The molecular formula is C15H15N3O5. The van der Waals surface area contributed by atoms with Gasteiger partial charge in [0.2, 0.25) is 0 Å². The molecule has 8 nitrogen and oxygen atoms in total. The summed E-state index contributed by atoms with van der Waals surface area (Å²) in [5, 5.41) is 25.7. The number of rotatable bonds is 2. The number of H-pyrrole nitrogens is 1. The van der Waals surface area contributed by atoms with Crippen LogP contribution in [0.1, 0.15) is 32.1 Å². The summed E-state index contributed by atoms with van der Waals surface area (Å²) in [5.41, 5.74) is 1.86. The van der Waals surface area contributed by atoms with Crippen LogP contribution >= 0.6 is 0 Å². The summed E-state index contributed by atoms with van der Waals surface area (Å²) in [6.45, 7) is 0.653. The van der Waals surface area contributed by atoms with E-state index in [1.165, 1.54) is 19.2 Å². The highest BCUT2D eigenvalue weighted by atomic mass is 16.5. The summed E-state index contributed by atoms with van der Waals surface area (Å²) in [5.74, 6) is -1.20. The average molecular weight is 317 g/mol. The van der Waals surface area contributed by atoms with E-state index in [2.05, 4.69) is 14.9 Å². The van der Waals surface area contributed by atoms with Crippen LogP contribution in [-0.2, 0) is 17.7 Å². The molecule has 0 unspecified atom stereocenters. The Morgan fingerprint density at radius 2 is 1.96 bits per heavy atom. The van der Waals surface area contributed by atoms with Gasteiger partial charge in [-0.15, -0.1) is 0 Å². The number of aromatic nitrogens is 2. The van der Waals surface area contributed by atoms with Crippen LogP contribution in [0.2, 0.25) is 0 Å². The van der Waals surface area contributed by atoms with Crippen LogP contribution in [-0.4, -0.2) is 50.8 Å². The van der Waals surface area contributed by atoms with Gasteiger partial charge in [0.25, 0.3) is 5.91 Å². The zero-order chi connectivity index (χ0) is 16.6. The van der Waals surface area contributed by atoms with Crippen LogP contribution in [0.15, 0.2) is 18.2 Å². The minimum Gasteiger partial charge on any atom is -0.508 e. The lowest BCUT2D eigenvalue weighted by Gasteiger charge is -2.27. The second-order valence-corrected chi connectivity index (χ2v) is 5.24. The van der Waals surface area contributed by atoms with Crippen molar-refractivity contribution in [3.8, 4) is 11.5 Å². The van der Waals surface area contributed by atoms with Crippen molar-refractivity contribution in [2.75, 3.05) is 13.7 Å². The molecule has 120 valence electrons. The first-order valence-corrected chi connectivity index (χ1v) is 6.96. The van der Waals surface area contributed by atoms with Crippen LogP contribution < -0.4 is 0 Å². The van der Waals surface area contributed by atoms with E-state index >= 15 is 0 Å². The minimum absolute atomic E-state index is 0.180. The molecule has 0 radical (unpaired) electrons. The number of carbonyl (C=O) groups excluding carboxylic acids is 2. The summed E-state index contributed by atoms with van der Waals surface area (Å²) < 4.78 is 4.67. The summed E-state index contributed by atoms with van der Waals surface area (Å²) in [6.07, 6.45) is 0.465. The summed E-state index contributed by atoms with van der Waals surface area (Å²) in [6, 6.07) is 3.75. The Morgan fingerprint density at radius 1 is 1.26 bits per heavy atom. The van der Waals surface area contributed by atoms with E-state index in [-0.39, 0.29) is 35.2 Å². The highest BCUT2D eigenvalue weighted by molar-refractivity contribution is 5.95. The van der Waals surface area contributed by atoms with Crippen LogP contribution in [0.3, 0.4) is 0 Å². The van der Waals surface area contributed by atoms with Crippen molar-refractivity contribution < 1.29 is 24.5 Å². The molecule has 2 heterocycles. The van der Waals surface area contributed by atoms with Crippen molar-refractivity contribution in [1.82, 2.24) is 15.1 Å². The maximum atomic E-state index is 12.5. The molecule has 0 atom stereocenters. The molecule has 1 aliphatic heterocycles. The van der Waals surface area contributed by atoms with Crippen molar-refractivity contribution in [2.24, 2.45) is 0 Å². The lowest BCUT2D eigenvalue weighted by atomic mass is 10.0. The van der Waals surface area contributed by atoms with Gasteiger partial charge in [-0.2, -0.15) is 5.10 Å². The van der Waals surface area contributed by atoms with Crippen molar-refractivity contribution in [3.63, 3.8) is 0 Å². The summed E-state index contributed by atoms with van der Waals surface area (Å²) >= 11 is 0. The number of aromatic amines is 1. The van der Waals surface area contributed by atoms with Crippen LogP contribution in [0.4, 0.5) is 0 Å². The molecule has 3 N–H and O–H groups in total. The average Bonchev–Trinajstić information content (AvgIpc) is 2.95. The first-order chi connectivity index (χ1) is 11.0. The van der Waals surface area contributed by atoms with Gasteiger partial charge < -0.3 is 19.8 Å². The molecule has 1 aliphatic rings. The molecule has 0 fully saturated rings. The Balaban J connectivity index is 1.83. The molecular weight excluding hydrogens is 302 g/mol. The Hall–Kier alpha value is -3.03. The van der Waals surface area contributed by atoms with Gasteiger partial charge in [0.1, 0.15) is 11.5 Å². The molecule has 0 bridgehead atoms. The van der Waals surface area contributed by atoms with Gasteiger partial charge in [0.15, 0.2) is 5.69 Å². The first-order valence-electron chi connectivity index (χ1n) is 6.96. The second kappa shape index (κ2) is 5.64. The van der Waals surface area contributed by atoms with Crippen LogP contribution in [0.5, 0.6) is 11.5 Å². The smallest absolute Gasteiger partial charge is 0.358 e. The number of phenolic OH excluding ortho intramolecular Hbond substituents is 2. The Bertz CT molecular complexity index is 763. The topological polar surface area (TPSA) is 116 Å². The molecule has 0 spiro atoms. The number of hydrogen-bond donors (Lipinski definition) is 3. The lowest BCUT2D eigenvalue weighted by Crippen LogP contribution is -2.36. The van der Waals surface area contributed by atoms with Crippen molar-refractivity contribution >= 4 is 11.9 Å². The fourth-order valence-electron chi connectivity index (χ4n) is 2.66. The number of nitrogens with one attached hydrogen (secondary N) is 1. The lowest BCUT2D eigenvalue weighted by molar-refractivity contribution is 0.0592. The van der Waals surface area contributed by atoms with E-state index in [1.807, 2.05) is 0 Å². The van der Waals surface area contributed by atoms with E-state index in [1.54, 1.807) is 4.90 Å². The van der Waals surface area contributed by atoms with Crippen molar-refractivity contribution in [2.45, 2.75) is 13.0 Å². The van der Waals surface area contributed by atoms with E-state index in [0.29, 0.717) is 18.7 Å². The number of fused-ring (bicyclic) bond motifs is 1. The third kappa shape index (κ3) is 2.70. The van der Waals surface area contributed by atoms with Crippen molar-refractivity contribution in [3.05, 3.63) is 40.7 Å². The third-order valence-electron chi connectivity index (χ3n) is 3.75. The van der Waals surface area contributed by atoms with Crippen LogP contribution in [0, 0.1) is 0 Å². The maximum absolute atomic E-state index is 12.5. The fraction of sp³-hybridized carbons (Fsp3) is 0.267. The number of aromatic hydroxyl groups is 2. The molecule has 3 rings (SSSR count). The molecule has 2 aromatic rings. The van der Waals surface area contributed by atoms with E-state index in [4.69, 9.17) is 0 Å². The van der Waals surface area contributed by atoms with Gasteiger partial charge >= 0.3 is 5.97 Å². The molecule has 1 amide bonds. The van der Waals surface area contributed by atoms with Gasteiger partial charge in [0, 0.05) is 23.7 Å². The fourth-order valence-corrected chi connectivity index (χ4v) is 2.66. The molecule has 0 saturated heterocycles. The molecule has 0 aliphatic carbocycles. The van der Waals surface area contributed by atoms with Crippen LogP contribution in [0.25, 0.3) is 0 Å². The number of methoxy groups -OCH3 is 1. The van der Waals surface area contributed by atoms with E-state index in [0.717, 1.165) is 11.6 Å². The summed E-state index contributed by atoms with van der Waals surface area (Å²) in [7, 11) is 1.29. The van der Waals surface area contributed by atoms with Gasteiger partial charge in [-0.25, -0.2) is 4.79 Å². The highest BCUT2D eigenvalue weighted by Crippen LogP contribution is 2.25. The van der Waals surface area contributed by atoms with E-state index in [9.17, 15) is 19.8 Å². The zero-order valence-corrected chi connectivity index (χ0v) is 12.4. The Kier molecular flexibility index (Phi) is 3.65. The predicted octanol–water partition coefficient (Wildman–Crippen LogP) is 0.806. The second-order valence-electron chi connectivity index (χ2n) is 5.24. The SMILES string of the molecule is COC(=O)c1n[nH]c2c1CCN(C(=O)c1cc(O)cc(O)c1)C2. The molecule has 8 heteroatoms. The minimum atomic E-state index is -0.514. The largest absolute Gasteiger partial charge is 0.508 e. The van der Waals surface area contributed by atoms with Gasteiger partial charge in [-0.05, 0) is 18.6 Å². The Morgan fingerprint density at radius 3 is 2.61 bits per heavy atom. The number of esters is 1. The number of ether oxygens (including phenoxy) is 1. The van der Waals surface area contributed by atoms with Crippen molar-refractivity contribution in [1.29, 1.82) is 0 Å². The standard InChI is InChI=1S/C15H15N3O5/c1-23-15(22)13-11-2-3-18(7-12(11)16-17-13)14(21)8-4-9(19)6-10(20)5-8/h4-6,19-20H,2-3,7H2,1H3,(H,16,17). The third-order valence-corrected chi connectivity index (χ3v) is 3.75. The van der Waals surface area contributed by atoms with Gasteiger partial charge in [-0.1, -0.05) is 0 Å². The number of phenols is 2. The molecule has 1 aromatic carbocycles. The number of nitrogens with zero attached hydrogens (tertiary/aromatic N) is 2. The predicted molar refractivity (Wildman–Crippen MR) is 78.1 cm³/mol. The Labute approximate surface area is 131 Å². The van der Waals surface area contributed by atoms with Gasteiger partial charge in [0.05, 0.1) is 19.3 Å². The molecule has 1 aromatic heterocycles. The number of amides is 1. The first kappa shape index (κ1) is 14.9. The molecule has 23 heavy (non-hydrogen) atoms. The van der Waals surface area contributed by atoms with E-state index < -0.39 is 5.97 Å².